The second-order valence-corrected chi connectivity index (χ2v) is 7.27. The maximum absolute atomic E-state index is 12.3. The summed E-state index contributed by atoms with van der Waals surface area (Å²) in [6, 6.07) is 13.7. The van der Waals surface area contributed by atoms with Crippen LogP contribution < -0.4 is 21.3 Å². The van der Waals surface area contributed by atoms with Crippen molar-refractivity contribution in [1.29, 1.82) is 0 Å². The molecular formula is C24H32N4O4. The Morgan fingerprint density at radius 3 is 2.22 bits per heavy atom. The van der Waals surface area contributed by atoms with Gasteiger partial charge < -0.3 is 26.0 Å². The average Bonchev–Trinajstić information content (AvgIpc) is 2.81. The highest BCUT2D eigenvalue weighted by Gasteiger charge is 2.08. The molecule has 0 radical (unpaired) electrons. The number of hydrogen-bond acceptors (Lipinski definition) is 5. The smallest absolute Gasteiger partial charge is 0.251 e. The van der Waals surface area contributed by atoms with Gasteiger partial charge in [0.25, 0.3) is 11.8 Å². The Kier molecular flexibility index (Phi) is 10.7. The lowest BCUT2D eigenvalue weighted by Crippen LogP contribution is -2.25. The molecule has 0 saturated carbocycles. The zero-order chi connectivity index (χ0) is 23.2. The van der Waals surface area contributed by atoms with Crippen LogP contribution in [0.15, 0.2) is 48.5 Å². The zero-order valence-corrected chi connectivity index (χ0v) is 18.7. The maximum atomic E-state index is 12.3. The van der Waals surface area contributed by atoms with Crippen LogP contribution in [0.3, 0.4) is 0 Å². The van der Waals surface area contributed by atoms with Crippen LogP contribution in [0.5, 0.6) is 0 Å². The number of amides is 3. The van der Waals surface area contributed by atoms with Crippen LogP contribution in [0.2, 0.25) is 0 Å². The monoisotopic (exact) mass is 440 g/mol. The number of anilines is 2. The first-order valence-corrected chi connectivity index (χ1v) is 10.8. The van der Waals surface area contributed by atoms with E-state index in [0.29, 0.717) is 36.5 Å². The van der Waals surface area contributed by atoms with E-state index in [0.717, 1.165) is 24.9 Å². The highest BCUT2D eigenvalue weighted by molar-refractivity contribution is 5.98. The van der Waals surface area contributed by atoms with Crippen molar-refractivity contribution in [2.24, 2.45) is 0 Å². The van der Waals surface area contributed by atoms with Crippen LogP contribution in [0.1, 0.15) is 46.9 Å². The van der Waals surface area contributed by atoms with Crippen molar-refractivity contribution in [3.8, 4) is 0 Å². The molecule has 0 bridgehead atoms. The average molecular weight is 441 g/mol. The third-order valence-corrected chi connectivity index (χ3v) is 4.64. The Balaban J connectivity index is 1.80. The van der Waals surface area contributed by atoms with Crippen LogP contribution in [-0.2, 0) is 9.53 Å². The van der Waals surface area contributed by atoms with Crippen molar-refractivity contribution in [2.75, 3.05) is 44.0 Å². The molecule has 0 saturated heterocycles. The first-order chi connectivity index (χ1) is 15.5. The lowest BCUT2D eigenvalue weighted by atomic mass is 10.2. The molecule has 0 aliphatic carbocycles. The van der Waals surface area contributed by atoms with Crippen LogP contribution in [0, 0.1) is 0 Å². The van der Waals surface area contributed by atoms with E-state index in [2.05, 4.69) is 28.2 Å². The van der Waals surface area contributed by atoms with Gasteiger partial charge in [0, 0.05) is 49.3 Å². The summed E-state index contributed by atoms with van der Waals surface area (Å²) >= 11 is 0. The van der Waals surface area contributed by atoms with Gasteiger partial charge in [-0.15, -0.1) is 0 Å². The van der Waals surface area contributed by atoms with Gasteiger partial charge in [-0.1, -0.05) is 19.4 Å². The predicted octanol–water partition coefficient (Wildman–Crippen LogP) is 3.03. The van der Waals surface area contributed by atoms with E-state index in [4.69, 9.17) is 4.74 Å². The van der Waals surface area contributed by atoms with Crippen molar-refractivity contribution in [2.45, 2.75) is 26.2 Å². The summed E-state index contributed by atoms with van der Waals surface area (Å²) in [4.78, 5) is 36.5. The van der Waals surface area contributed by atoms with Crippen LogP contribution in [0.25, 0.3) is 0 Å². The summed E-state index contributed by atoms with van der Waals surface area (Å²) in [5.74, 6) is -0.548. The molecule has 2 aromatic carbocycles. The van der Waals surface area contributed by atoms with Crippen molar-refractivity contribution >= 4 is 29.1 Å². The van der Waals surface area contributed by atoms with E-state index >= 15 is 0 Å². The molecule has 2 rings (SSSR count). The highest BCUT2D eigenvalue weighted by atomic mass is 16.5. The topological polar surface area (TPSA) is 109 Å². The van der Waals surface area contributed by atoms with Gasteiger partial charge in [0.05, 0.1) is 6.54 Å². The molecule has 3 amide bonds. The van der Waals surface area contributed by atoms with Crippen molar-refractivity contribution < 1.29 is 19.1 Å². The molecule has 8 heteroatoms. The Bertz CT molecular complexity index is 884. The van der Waals surface area contributed by atoms with Crippen LogP contribution >= 0.6 is 0 Å². The molecule has 0 heterocycles. The fourth-order valence-corrected chi connectivity index (χ4v) is 2.87. The second-order valence-electron chi connectivity index (χ2n) is 7.27. The number of benzene rings is 2. The second kappa shape index (κ2) is 13.8. The van der Waals surface area contributed by atoms with E-state index in [1.807, 2.05) is 0 Å². The van der Waals surface area contributed by atoms with E-state index < -0.39 is 0 Å². The molecule has 32 heavy (non-hydrogen) atoms. The van der Waals surface area contributed by atoms with Crippen molar-refractivity contribution in [3.05, 3.63) is 59.7 Å². The third kappa shape index (κ3) is 8.77. The summed E-state index contributed by atoms with van der Waals surface area (Å²) in [5, 5.41) is 11.5. The van der Waals surface area contributed by atoms with E-state index in [1.165, 1.54) is 0 Å². The fraction of sp³-hybridized carbons (Fsp3) is 0.375. The molecule has 0 unspecified atom stereocenters. The number of ether oxygens (including phenoxy) is 1. The Morgan fingerprint density at radius 1 is 0.844 bits per heavy atom. The number of hydrogen-bond donors (Lipinski definition) is 4. The van der Waals surface area contributed by atoms with E-state index in [1.54, 1.807) is 55.6 Å². The van der Waals surface area contributed by atoms with Gasteiger partial charge in [0.2, 0.25) is 5.91 Å². The zero-order valence-electron chi connectivity index (χ0n) is 18.7. The van der Waals surface area contributed by atoms with Gasteiger partial charge in [-0.05, 0) is 55.3 Å². The molecule has 0 atom stereocenters. The van der Waals surface area contributed by atoms with E-state index in [-0.39, 0.29) is 24.3 Å². The minimum atomic E-state index is -0.242. The molecule has 0 aromatic heterocycles. The number of methoxy groups -OCH3 is 1. The first kappa shape index (κ1) is 24.9. The molecule has 0 aliphatic rings. The van der Waals surface area contributed by atoms with Gasteiger partial charge in [0.15, 0.2) is 0 Å². The predicted molar refractivity (Wildman–Crippen MR) is 126 cm³/mol. The Morgan fingerprint density at radius 2 is 1.53 bits per heavy atom. The van der Waals surface area contributed by atoms with E-state index in [9.17, 15) is 14.4 Å². The first-order valence-electron chi connectivity index (χ1n) is 10.8. The summed E-state index contributed by atoms with van der Waals surface area (Å²) in [6.45, 7) is 3.89. The Hall–Kier alpha value is -3.39. The number of unbranched alkanes of at least 4 members (excludes halogenated alkanes) is 1. The number of nitrogens with one attached hydrogen (secondary N) is 4. The molecule has 2 aromatic rings. The van der Waals surface area contributed by atoms with Gasteiger partial charge in [-0.3, -0.25) is 14.4 Å². The van der Waals surface area contributed by atoms with Gasteiger partial charge in [-0.2, -0.15) is 0 Å². The quantitative estimate of drug-likeness (QED) is 0.358. The highest BCUT2D eigenvalue weighted by Crippen LogP contribution is 2.12. The molecule has 4 N–H and O–H groups in total. The summed E-state index contributed by atoms with van der Waals surface area (Å²) in [6.07, 6.45) is 2.69. The van der Waals surface area contributed by atoms with Crippen LogP contribution in [0.4, 0.5) is 11.4 Å². The molecule has 8 nitrogen and oxygen atoms in total. The third-order valence-electron chi connectivity index (χ3n) is 4.64. The minimum Gasteiger partial charge on any atom is -0.385 e. The number of carbonyl (C=O) groups is 3. The summed E-state index contributed by atoms with van der Waals surface area (Å²) < 4.78 is 4.95. The molecule has 0 spiro atoms. The number of carbonyl (C=O) groups excluding carboxylic acids is 3. The molecular weight excluding hydrogens is 408 g/mol. The molecule has 0 fully saturated rings. The minimum absolute atomic E-state index is 0.0511. The summed E-state index contributed by atoms with van der Waals surface area (Å²) in [7, 11) is 1.62. The lowest BCUT2D eigenvalue weighted by Gasteiger charge is -2.10. The SMILES string of the molecule is CCCCNC(=O)c1cccc(NC(=O)CNc2ccc(C(=O)NCCCOC)cc2)c1. The largest absolute Gasteiger partial charge is 0.385 e. The maximum Gasteiger partial charge on any atom is 0.251 e. The summed E-state index contributed by atoms with van der Waals surface area (Å²) in [5.41, 5.74) is 2.33. The van der Waals surface area contributed by atoms with Gasteiger partial charge in [-0.25, -0.2) is 0 Å². The normalized spacial score (nSPS) is 10.3. The molecule has 0 aliphatic heterocycles. The van der Waals surface area contributed by atoms with Crippen LogP contribution in [-0.4, -0.2) is 51.1 Å². The Labute approximate surface area is 189 Å². The van der Waals surface area contributed by atoms with Gasteiger partial charge >= 0.3 is 0 Å². The lowest BCUT2D eigenvalue weighted by molar-refractivity contribution is -0.114. The van der Waals surface area contributed by atoms with Crippen molar-refractivity contribution in [1.82, 2.24) is 10.6 Å². The standard InChI is InChI=1S/C24H32N4O4/c1-3-4-13-25-24(31)19-7-5-8-21(16-19)28-22(29)17-27-20-11-9-18(10-12-20)23(30)26-14-6-15-32-2/h5,7-12,16,27H,3-4,6,13-15,17H2,1-2H3,(H,25,31)(H,26,30)(H,28,29). The van der Waals surface area contributed by atoms with Gasteiger partial charge in [0.1, 0.15) is 0 Å². The fourth-order valence-electron chi connectivity index (χ4n) is 2.87. The number of rotatable bonds is 13. The van der Waals surface area contributed by atoms with Crippen molar-refractivity contribution in [3.63, 3.8) is 0 Å². The molecule has 172 valence electrons.